The van der Waals surface area contributed by atoms with Crippen LogP contribution in [0.15, 0.2) is 30.6 Å². The lowest BCUT2D eigenvalue weighted by Gasteiger charge is -2.23. The Hall–Kier alpha value is -2.70. The van der Waals surface area contributed by atoms with Gasteiger partial charge in [0.25, 0.3) is 5.69 Å². The zero-order valence-corrected chi connectivity index (χ0v) is 11.7. The zero-order chi connectivity index (χ0) is 15.6. The van der Waals surface area contributed by atoms with Crippen LogP contribution in [0.5, 0.6) is 0 Å². The maximum absolute atomic E-state index is 11.0. The van der Waals surface area contributed by atoms with Crippen LogP contribution in [-0.2, 0) is 4.79 Å². The minimum absolute atomic E-state index is 0.0125. The molecule has 0 amide bonds. The smallest absolute Gasteiger partial charge is 0.308 e. The predicted octanol–water partition coefficient (Wildman–Crippen LogP) is 2.30. The molecule has 1 aromatic carbocycles. The van der Waals surface area contributed by atoms with Gasteiger partial charge in [-0.1, -0.05) is 6.92 Å². The SMILES string of the molecule is CC(CN(C)c1ccc([N+](=O)[O-])c2cnccc12)C(=O)O. The van der Waals surface area contributed by atoms with Crippen LogP contribution >= 0.6 is 0 Å². The Kier molecular flexibility index (Phi) is 4.02. The normalized spacial score (nSPS) is 12.1. The van der Waals surface area contributed by atoms with Crippen LogP contribution in [0.25, 0.3) is 10.8 Å². The van der Waals surface area contributed by atoms with E-state index in [1.165, 1.54) is 12.3 Å². The Labute approximate surface area is 121 Å². The van der Waals surface area contributed by atoms with Gasteiger partial charge < -0.3 is 10.0 Å². The van der Waals surface area contributed by atoms with E-state index in [1.54, 1.807) is 37.2 Å². The van der Waals surface area contributed by atoms with Crippen LogP contribution in [0, 0.1) is 16.0 Å². The van der Waals surface area contributed by atoms with Gasteiger partial charge in [-0.25, -0.2) is 0 Å². The van der Waals surface area contributed by atoms with Crippen molar-refractivity contribution >= 4 is 28.1 Å². The average Bonchev–Trinajstić information content (AvgIpc) is 2.45. The van der Waals surface area contributed by atoms with Crippen LogP contribution in [-0.4, -0.2) is 34.6 Å². The number of nitro benzene ring substituents is 1. The maximum Gasteiger partial charge on any atom is 0.308 e. The third-order valence-corrected chi connectivity index (χ3v) is 3.35. The van der Waals surface area contributed by atoms with Gasteiger partial charge in [-0.05, 0) is 12.1 Å². The first-order valence-electron chi connectivity index (χ1n) is 6.37. The summed E-state index contributed by atoms with van der Waals surface area (Å²) in [5, 5.41) is 21.2. The number of nitro groups is 1. The Bertz CT molecular complexity index is 702. The first-order chi connectivity index (χ1) is 9.91. The van der Waals surface area contributed by atoms with E-state index in [1.807, 2.05) is 0 Å². The Balaban J connectivity index is 2.48. The van der Waals surface area contributed by atoms with Crippen molar-refractivity contribution < 1.29 is 14.8 Å². The van der Waals surface area contributed by atoms with Crippen molar-refractivity contribution in [2.24, 2.45) is 5.92 Å². The van der Waals surface area contributed by atoms with Crippen LogP contribution in [0.2, 0.25) is 0 Å². The van der Waals surface area contributed by atoms with Gasteiger partial charge in [-0.2, -0.15) is 0 Å². The topological polar surface area (TPSA) is 96.6 Å². The number of aromatic nitrogens is 1. The zero-order valence-electron chi connectivity index (χ0n) is 11.7. The van der Waals surface area contributed by atoms with Gasteiger partial charge in [0.1, 0.15) is 0 Å². The molecule has 0 bridgehead atoms. The van der Waals surface area contributed by atoms with Crippen LogP contribution in [0.4, 0.5) is 11.4 Å². The van der Waals surface area contributed by atoms with Crippen LogP contribution in [0.3, 0.4) is 0 Å². The third kappa shape index (κ3) is 2.91. The molecule has 21 heavy (non-hydrogen) atoms. The first-order valence-corrected chi connectivity index (χ1v) is 6.37. The first kappa shape index (κ1) is 14.7. The molecule has 7 heteroatoms. The number of non-ortho nitro benzene ring substituents is 1. The van der Waals surface area contributed by atoms with E-state index in [9.17, 15) is 14.9 Å². The number of nitrogens with zero attached hydrogens (tertiary/aromatic N) is 3. The van der Waals surface area contributed by atoms with Crippen molar-refractivity contribution in [3.05, 3.63) is 40.7 Å². The minimum Gasteiger partial charge on any atom is -0.481 e. The number of anilines is 1. The highest BCUT2D eigenvalue weighted by Gasteiger charge is 2.19. The molecule has 0 fully saturated rings. The number of hydrogen-bond donors (Lipinski definition) is 1. The van der Waals surface area contributed by atoms with E-state index in [0.717, 1.165) is 5.69 Å². The average molecular weight is 289 g/mol. The highest BCUT2D eigenvalue weighted by atomic mass is 16.6. The number of carboxylic acid groups (broad SMARTS) is 1. The second-order valence-electron chi connectivity index (χ2n) is 4.90. The molecule has 0 saturated carbocycles. The number of carboxylic acids is 1. The summed E-state index contributed by atoms with van der Waals surface area (Å²) in [6, 6.07) is 4.75. The molecule has 0 aliphatic rings. The van der Waals surface area contributed by atoms with E-state index >= 15 is 0 Å². The molecule has 2 aromatic rings. The summed E-state index contributed by atoms with van der Waals surface area (Å²) in [7, 11) is 1.76. The summed E-state index contributed by atoms with van der Waals surface area (Å²) >= 11 is 0. The number of aliphatic carboxylic acids is 1. The number of benzene rings is 1. The summed E-state index contributed by atoms with van der Waals surface area (Å²) in [6.07, 6.45) is 3.01. The number of carbonyl (C=O) groups is 1. The molecule has 0 radical (unpaired) electrons. The molecular weight excluding hydrogens is 274 g/mol. The van der Waals surface area contributed by atoms with Gasteiger partial charge in [0, 0.05) is 43.1 Å². The molecule has 1 heterocycles. The van der Waals surface area contributed by atoms with E-state index in [4.69, 9.17) is 5.11 Å². The standard InChI is InChI=1S/C14H15N3O4/c1-9(14(18)19)8-16(2)12-3-4-13(17(20)21)11-7-15-6-5-10(11)12/h3-7,9H,8H2,1-2H3,(H,18,19). The second kappa shape index (κ2) is 5.74. The van der Waals surface area contributed by atoms with Crippen molar-refractivity contribution in [2.45, 2.75) is 6.92 Å². The molecule has 7 nitrogen and oxygen atoms in total. The minimum atomic E-state index is -0.880. The molecule has 110 valence electrons. The van der Waals surface area contributed by atoms with Crippen molar-refractivity contribution in [2.75, 3.05) is 18.5 Å². The quantitative estimate of drug-likeness (QED) is 0.670. The predicted molar refractivity (Wildman–Crippen MR) is 78.5 cm³/mol. The molecule has 0 spiro atoms. The lowest BCUT2D eigenvalue weighted by atomic mass is 10.1. The van der Waals surface area contributed by atoms with Gasteiger partial charge in [-0.3, -0.25) is 19.9 Å². The molecule has 0 aliphatic heterocycles. The summed E-state index contributed by atoms with van der Waals surface area (Å²) in [5.74, 6) is -1.42. The summed E-state index contributed by atoms with van der Waals surface area (Å²) in [6.45, 7) is 1.93. The Morgan fingerprint density at radius 1 is 1.43 bits per heavy atom. The Morgan fingerprint density at radius 3 is 2.76 bits per heavy atom. The number of fused-ring (bicyclic) bond motifs is 1. The summed E-state index contributed by atoms with van der Waals surface area (Å²) < 4.78 is 0. The molecule has 1 N–H and O–H groups in total. The van der Waals surface area contributed by atoms with Gasteiger partial charge in [0.05, 0.1) is 16.2 Å². The molecule has 0 aliphatic carbocycles. The second-order valence-corrected chi connectivity index (χ2v) is 4.90. The van der Waals surface area contributed by atoms with Gasteiger partial charge in [0.15, 0.2) is 0 Å². The van der Waals surface area contributed by atoms with E-state index in [-0.39, 0.29) is 5.69 Å². The lowest BCUT2D eigenvalue weighted by molar-refractivity contribution is -0.383. The van der Waals surface area contributed by atoms with E-state index < -0.39 is 16.8 Å². The van der Waals surface area contributed by atoms with Crippen molar-refractivity contribution in [1.82, 2.24) is 4.98 Å². The van der Waals surface area contributed by atoms with Gasteiger partial charge in [0.2, 0.25) is 0 Å². The molecule has 1 aromatic heterocycles. The van der Waals surface area contributed by atoms with Crippen molar-refractivity contribution in [1.29, 1.82) is 0 Å². The highest BCUT2D eigenvalue weighted by molar-refractivity contribution is 5.99. The number of pyridine rings is 1. The lowest BCUT2D eigenvalue weighted by Crippen LogP contribution is -2.28. The highest BCUT2D eigenvalue weighted by Crippen LogP contribution is 2.32. The molecule has 0 saturated heterocycles. The summed E-state index contributed by atoms with van der Waals surface area (Å²) in [5.41, 5.74) is 0.729. The van der Waals surface area contributed by atoms with E-state index in [0.29, 0.717) is 17.3 Å². The fourth-order valence-corrected chi connectivity index (χ4v) is 2.24. The largest absolute Gasteiger partial charge is 0.481 e. The van der Waals surface area contributed by atoms with Gasteiger partial charge >= 0.3 is 5.97 Å². The van der Waals surface area contributed by atoms with Crippen LogP contribution in [0.1, 0.15) is 6.92 Å². The molecule has 1 atom stereocenters. The van der Waals surface area contributed by atoms with Crippen LogP contribution < -0.4 is 4.90 Å². The number of hydrogen-bond acceptors (Lipinski definition) is 5. The fourth-order valence-electron chi connectivity index (χ4n) is 2.24. The molecular formula is C14H15N3O4. The van der Waals surface area contributed by atoms with Gasteiger partial charge in [-0.15, -0.1) is 0 Å². The van der Waals surface area contributed by atoms with Crippen molar-refractivity contribution in [3.8, 4) is 0 Å². The third-order valence-electron chi connectivity index (χ3n) is 3.35. The van der Waals surface area contributed by atoms with Crippen molar-refractivity contribution in [3.63, 3.8) is 0 Å². The van der Waals surface area contributed by atoms with E-state index in [2.05, 4.69) is 4.98 Å². The molecule has 1 unspecified atom stereocenters. The maximum atomic E-state index is 11.0. The fraction of sp³-hybridized carbons (Fsp3) is 0.286. The number of rotatable bonds is 5. The molecule has 2 rings (SSSR count). The monoisotopic (exact) mass is 289 g/mol. The Morgan fingerprint density at radius 2 is 2.14 bits per heavy atom. The summed E-state index contributed by atoms with van der Waals surface area (Å²) in [4.78, 5) is 27.3.